The maximum Gasteiger partial charge on any atom is 0.400 e. The Labute approximate surface area is 56.4 Å². The molecule has 1 unspecified atom stereocenters. The minimum Gasteiger partial charge on any atom is -0.359 e. The topological polar surface area (TPSA) is 29.1 Å². The van der Waals surface area contributed by atoms with Crippen LogP contribution in [0.4, 0.5) is 13.2 Å². The van der Waals surface area contributed by atoms with Gasteiger partial charge < -0.3 is 5.32 Å². The Morgan fingerprint density at radius 2 is 1.90 bits per heavy atom. The Bertz CT molecular complexity index is 131. The van der Waals surface area contributed by atoms with Crippen LogP contribution in [0.1, 0.15) is 6.92 Å². The molecule has 1 atom stereocenters. The largest absolute Gasteiger partial charge is 0.400 e. The lowest BCUT2D eigenvalue weighted by Crippen LogP contribution is -2.35. The highest BCUT2D eigenvalue weighted by atomic mass is 19.4. The van der Waals surface area contributed by atoms with Crippen LogP contribution in [0.5, 0.6) is 0 Å². The van der Waals surface area contributed by atoms with E-state index < -0.39 is 18.0 Å². The molecule has 5 heteroatoms. The van der Waals surface area contributed by atoms with Crippen molar-refractivity contribution >= 4 is 5.91 Å². The molecule has 0 aromatic carbocycles. The first-order chi connectivity index (χ1) is 4.39. The molecule has 60 valence electrons. The van der Waals surface area contributed by atoms with Crippen molar-refractivity contribution in [2.45, 2.75) is 13.1 Å². The van der Waals surface area contributed by atoms with Crippen molar-refractivity contribution in [3.8, 4) is 0 Å². The second-order valence-electron chi connectivity index (χ2n) is 1.88. The average molecular weight is 155 g/mol. The summed E-state index contributed by atoms with van der Waals surface area (Å²) in [4.78, 5) is 10.3. The summed E-state index contributed by atoms with van der Waals surface area (Å²) < 4.78 is 34.9. The fourth-order valence-electron chi connectivity index (χ4n) is 0.365. The molecule has 0 saturated carbocycles. The molecular weight excluding hydrogens is 147 g/mol. The summed E-state index contributed by atoms with van der Waals surface area (Å²) in [5.41, 5.74) is 0. The second-order valence-corrected chi connectivity index (χ2v) is 1.88. The third-order valence-corrected chi connectivity index (χ3v) is 1.13. The number of nitrogens with one attached hydrogen (secondary N) is 1. The van der Waals surface area contributed by atoms with Gasteiger partial charge in [0.2, 0.25) is 5.91 Å². The number of hydrogen-bond acceptors (Lipinski definition) is 1. The Kier molecular flexibility index (Phi) is 2.68. The van der Waals surface area contributed by atoms with Gasteiger partial charge in [-0.25, -0.2) is 0 Å². The van der Waals surface area contributed by atoms with Gasteiger partial charge in [0.05, 0.1) is 0 Å². The van der Waals surface area contributed by atoms with E-state index in [-0.39, 0.29) is 0 Å². The highest BCUT2D eigenvalue weighted by molar-refractivity contribution is 5.78. The number of carbonyl (C=O) groups is 1. The third kappa shape index (κ3) is 2.24. The van der Waals surface area contributed by atoms with E-state index in [1.165, 1.54) is 7.05 Å². The lowest BCUT2D eigenvalue weighted by molar-refractivity contribution is -0.178. The molecule has 0 heterocycles. The minimum absolute atomic E-state index is 0.818. The molecule has 0 fully saturated rings. The summed E-state index contributed by atoms with van der Waals surface area (Å²) in [5, 5.41) is 1.91. The molecule has 0 rings (SSSR count). The third-order valence-electron chi connectivity index (χ3n) is 1.13. The molecule has 2 nitrogen and oxygen atoms in total. The smallest absolute Gasteiger partial charge is 0.359 e. The second kappa shape index (κ2) is 2.90. The van der Waals surface area contributed by atoms with Crippen molar-refractivity contribution in [3.63, 3.8) is 0 Å². The van der Waals surface area contributed by atoms with Crippen molar-refractivity contribution in [3.05, 3.63) is 0 Å². The molecule has 0 aliphatic carbocycles. The minimum atomic E-state index is -4.43. The lowest BCUT2D eigenvalue weighted by Gasteiger charge is -2.12. The van der Waals surface area contributed by atoms with Crippen molar-refractivity contribution < 1.29 is 18.0 Å². The summed E-state index contributed by atoms with van der Waals surface area (Å²) in [6, 6.07) is 0. The monoisotopic (exact) mass is 155 g/mol. The molecular formula is C5H8F3NO. The Morgan fingerprint density at radius 3 is 2.00 bits per heavy atom. The van der Waals surface area contributed by atoms with E-state index in [0.29, 0.717) is 0 Å². The lowest BCUT2D eigenvalue weighted by atomic mass is 10.1. The maximum atomic E-state index is 11.6. The summed E-state index contributed by atoms with van der Waals surface area (Å²) in [6.45, 7) is 0.818. The molecule has 0 aliphatic rings. The summed E-state index contributed by atoms with van der Waals surface area (Å²) in [5.74, 6) is -2.93. The fraction of sp³-hybridized carbons (Fsp3) is 0.800. The summed E-state index contributed by atoms with van der Waals surface area (Å²) >= 11 is 0. The average Bonchev–Trinajstić information content (AvgIpc) is 1.83. The van der Waals surface area contributed by atoms with Crippen molar-refractivity contribution in [1.82, 2.24) is 5.32 Å². The van der Waals surface area contributed by atoms with Gasteiger partial charge in [-0.1, -0.05) is 0 Å². The predicted molar refractivity (Wildman–Crippen MR) is 29.3 cm³/mol. The van der Waals surface area contributed by atoms with Gasteiger partial charge in [-0.05, 0) is 6.92 Å². The highest BCUT2D eigenvalue weighted by Crippen LogP contribution is 2.25. The molecule has 0 spiro atoms. The van der Waals surface area contributed by atoms with Crippen LogP contribution in [-0.2, 0) is 4.79 Å². The maximum absolute atomic E-state index is 11.6. The van der Waals surface area contributed by atoms with Crippen molar-refractivity contribution in [2.24, 2.45) is 5.92 Å². The predicted octanol–water partition coefficient (Wildman–Crippen LogP) is 0.931. The number of amides is 1. The van der Waals surface area contributed by atoms with E-state index in [4.69, 9.17) is 0 Å². The van der Waals surface area contributed by atoms with Crippen LogP contribution in [0, 0.1) is 5.92 Å². The molecule has 0 aromatic rings. The number of carbonyl (C=O) groups excluding carboxylic acids is 1. The van der Waals surface area contributed by atoms with E-state index in [2.05, 4.69) is 0 Å². The van der Waals surface area contributed by atoms with Crippen LogP contribution >= 0.6 is 0 Å². The van der Waals surface area contributed by atoms with E-state index in [9.17, 15) is 18.0 Å². The van der Waals surface area contributed by atoms with E-state index >= 15 is 0 Å². The Hall–Kier alpha value is -0.740. The molecule has 1 N–H and O–H groups in total. The first-order valence-corrected chi connectivity index (χ1v) is 2.68. The molecule has 0 bridgehead atoms. The van der Waals surface area contributed by atoms with Gasteiger partial charge in [0, 0.05) is 7.05 Å². The van der Waals surface area contributed by atoms with Crippen LogP contribution < -0.4 is 5.32 Å². The SMILES string of the molecule is CNC(=O)C(C)C(F)(F)F. The van der Waals surface area contributed by atoms with Crippen LogP contribution in [0.15, 0.2) is 0 Å². The van der Waals surface area contributed by atoms with Crippen molar-refractivity contribution in [2.75, 3.05) is 7.05 Å². The van der Waals surface area contributed by atoms with Gasteiger partial charge in [-0.15, -0.1) is 0 Å². The van der Waals surface area contributed by atoms with Crippen LogP contribution in [-0.4, -0.2) is 19.1 Å². The van der Waals surface area contributed by atoms with E-state index in [0.717, 1.165) is 6.92 Å². The van der Waals surface area contributed by atoms with Crippen LogP contribution in [0.25, 0.3) is 0 Å². The number of hydrogen-bond donors (Lipinski definition) is 1. The molecule has 0 aromatic heterocycles. The normalized spacial score (nSPS) is 14.5. The van der Waals surface area contributed by atoms with Gasteiger partial charge in [-0.3, -0.25) is 4.79 Å². The summed E-state index contributed by atoms with van der Waals surface area (Å²) in [6.07, 6.45) is -4.43. The summed E-state index contributed by atoms with van der Waals surface area (Å²) in [7, 11) is 1.17. The van der Waals surface area contributed by atoms with Gasteiger partial charge in [0.1, 0.15) is 5.92 Å². The van der Waals surface area contributed by atoms with Crippen LogP contribution in [0.3, 0.4) is 0 Å². The number of halogens is 3. The van der Waals surface area contributed by atoms with Crippen LogP contribution in [0.2, 0.25) is 0 Å². The van der Waals surface area contributed by atoms with E-state index in [1.54, 1.807) is 0 Å². The van der Waals surface area contributed by atoms with Crippen molar-refractivity contribution in [1.29, 1.82) is 0 Å². The highest BCUT2D eigenvalue weighted by Gasteiger charge is 2.40. The van der Waals surface area contributed by atoms with Gasteiger partial charge >= 0.3 is 6.18 Å². The van der Waals surface area contributed by atoms with E-state index in [1.807, 2.05) is 5.32 Å². The van der Waals surface area contributed by atoms with Gasteiger partial charge in [-0.2, -0.15) is 13.2 Å². The zero-order valence-electron chi connectivity index (χ0n) is 5.62. The standard InChI is InChI=1S/C5H8F3NO/c1-3(4(10)9-2)5(6,7)8/h3H,1-2H3,(H,9,10). The molecule has 0 radical (unpaired) electrons. The Morgan fingerprint density at radius 1 is 1.50 bits per heavy atom. The molecule has 1 amide bonds. The van der Waals surface area contributed by atoms with Gasteiger partial charge in [0.15, 0.2) is 0 Å². The first-order valence-electron chi connectivity index (χ1n) is 2.68. The number of rotatable bonds is 1. The Balaban J connectivity index is 4.08. The van der Waals surface area contributed by atoms with Gasteiger partial charge in [0.25, 0.3) is 0 Å². The molecule has 10 heavy (non-hydrogen) atoms. The molecule has 0 aliphatic heterocycles. The molecule has 0 saturated heterocycles. The zero-order chi connectivity index (χ0) is 8.36. The quantitative estimate of drug-likeness (QED) is 0.599. The zero-order valence-corrected chi connectivity index (χ0v) is 5.62. The number of alkyl halides is 3. The first kappa shape index (κ1) is 9.26. The fourth-order valence-corrected chi connectivity index (χ4v) is 0.365.